The van der Waals surface area contributed by atoms with Crippen molar-refractivity contribution in [3.05, 3.63) is 0 Å². The average molecular weight is 136 g/mol. The summed E-state index contributed by atoms with van der Waals surface area (Å²) >= 11 is 0. The Morgan fingerprint density at radius 1 is 1.44 bits per heavy atom. The first-order chi connectivity index (χ1) is 4.20. The molecule has 9 heavy (non-hydrogen) atoms. The second-order valence-electron chi connectivity index (χ2n) is 2.40. The first-order valence-corrected chi connectivity index (χ1v) is 3.14. The maximum atomic E-state index is 11.8. The summed E-state index contributed by atoms with van der Waals surface area (Å²) in [6.07, 6.45) is -1.77. The van der Waals surface area contributed by atoms with Crippen molar-refractivity contribution in [2.45, 2.75) is 38.4 Å². The molecule has 0 bridgehead atoms. The molecule has 0 N–H and O–H groups in total. The molecule has 1 nitrogen and oxygen atoms in total. The second kappa shape index (κ2) is 2.60. The van der Waals surface area contributed by atoms with Gasteiger partial charge in [-0.15, -0.1) is 0 Å². The first-order valence-electron chi connectivity index (χ1n) is 3.14. The van der Waals surface area contributed by atoms with Crippen molar-refractivity contribution in [3.8, 4) is 0 Å². The Bertz CT molecular complexity index is 95.1. The van der Waals surface area contributed by atoms with Crippen molar-refractivity contribution in [2.75, 3.05) is 0 Å². The zero-order chi connectivity index (χ0) is 6.85. The summed E-state index contributed by atoms with van der Waals surface area (Å²) in [5, 5.41) is 0. The Hall–Kier alpha value is -0.180. The molecule has 0 amide bonds. The zero-order valence-electron chi connectivity index (χ0n) is 5.31. The minimum Gasteiger partial charge on any atom is -0.369 e. The highest BCUT2D eigenvalue weighted by atomic mass is 19.3. The molecule has 0 aromatic rings. The largest absolute Gasteiger partial charge is 0.369 e. The highest BCUT2D eigenvalue weighted by Gasteiger charge is 2.28. The molecule has 2 atom stereocenters. The molecule has 3 heteroatoms. The molecule has 1 saturated heterocycles. The van der Waals surface area contributed by atoms with E-state index in [1.165, 1.54) is 0 Å². The molecule has 1 heterocycles. The number of halogens is 2. The van der Waals surface area contributed by atoms with Crippen LogP contribution >= 0.6 is 0 Å². The van der Waals surface area contributed by atoms with Gasteiger partial charge in [-0.05, 0) is 19.8 Å². The van der Waals surface area contributed by atoms with Crippen molar-refractivity contribution < 1.29 is 13.5 Å². The van der Waals surface area contributed by atoms with E-state index in [-0.39, 0.29) is 6.10 Å². The Labute approximate surface area is 53.0 Å². The van der Waals surface area contributed by atoms with E-state index in [9.17, 15) is 8.78 Å². The van der Waals surface area contributed by atoms with Crippen LogP contribution in [0.4, 0.5) is 8.78 Å². The molecule has 0 saturated carbocycles. The van der Waals surface area contributed by atoms with E-state index in [4.69, 9.17) is 4.74 Å². The second-order valence-corrected chi connectivity index (χ2v) is 2.40. The van der Waals surface area contributed by atoms with Gasteiger partial charge in [0.2, 0.25) is 0 Å². The third-order valence-electron chi connectivity index (χ3n) is 1.55. The lowest BCUT2D eigenvalue weighted by molar-refractivity contribution is -0.0459. The van der Waals surface area contributed by atoms with E-state index in [0.29, 0.717) is 6.42 Å². The Kier molecular flexibility index (Phi) is 2.01. The number of hydrogen-bond donors (Lipinski definition) is 0. The lowest BCUT2D eigenvalue weighted by atomic mass is 10.2. The van der Waals surface area contributed by atoms with Gasteiger partial charge in [-0.3, -0.25) is 0 Å². The van der Waals surface area contributed by atoms with E-state index in [2.05, 4.69) is 0 Å². The fraction of sp³-hybridized carbons (Fsp3) is 1.00. The summed E-state index contributed by atoms with van der Waals surface area (Å²) in [7, 11) is 0. The van der Waals surface area contributed by atoms with Crippen LogP contribution in [0.25, 0.3) is 0 Å². The molecular formula is C6H10F2O. The molecule has 0 aliphatic carbocycles. The Morgan fingerprint density at radius 3 is 2.33 bits per heavy atom. The van der Waals surface area contributed by atoms with Crippen molar-refractivity contribution in [1.82, 2.24) is 0 Å². The number of hydrogen-bond acceptors (Lipinski definition) is 1. The van der Waals surface area contributed by atoms with Crippen molar-refractivity contribution in [3.63, 3.8) is 0 Å². The van der Waals surface area contributed by atoms with Gasteiger partial charge in [-0.25, -0.2) is 8.78 Å². The van der Waals surface area contributed by atoms with E-state index in [0.717, 1.165) is 6.42 Å². The van der Waals surface area contributed by atoms with Crippen LogP contribution in [-0.2, 0) is 4.74 Å². The Balaban J connectivity index is 2.30. The SMILES string of the molecule is CC1CCC(C(F)F)O1. The monoisotopic (exact) mass is 136 g/mol. The standard InChI is InChI=1S/C6H10F2O/c1-4-2-3-5(9-4)6(7)8/h4-6H,2-3H2,1H3. The molecule has 0 radical (unpaired) electrons. The summed E-state index contributed by atoms with van der Waals surface area (Å²) in [5.41, 5.74) is 0. The van der Waals surface area contributed by atoms with Gasteiger partial charge >= 0.3 is 0 Å². The fourth-order valence-electron chi connectivity index (χ4n) is 1.02. The molecule has 1 aliphatic rings. The quantitative estimate of drug-likeness (QED) is 0.534. The van der Waals surface area contributed by atoms with Gasteiger partial charge in [0, 0.05) is 0 Å². The molecule has 2 unspecified atom stereocenters. The fourth-order valence-corrected chi connectivity index (χ4v) is 1.02. The van der Waals surface area contributed by atoms with Crippen molar-refractivity contribution in [2.24, 2.45) is 0 Å². The van der Waals surface area contributed by atoms with Crippen LogP contribution in [0.2, 0.25) is 0 Å². The normalized spacial score (nSPS) is 36.0. The van der Waals surface area contributed by atoms with Crippen LogP contribution in [0.5, 0.6) is 0 Å². The van der Waals surface area contributed by atoms with Crippen molar-refractivity contribution >= 4 is 0 Å². The van der Waals surface area contributed by atoms with Gasteiger partial charge in [0.25, 0.3) is 6.43 Å². The van der Waals surface area contributed by atoms with Gasteiger partial charge in [-0.1, -0.05) is 0 Å². The van der Waals surface area contributed by atoms with E-state index >= 15 is 0 Å². The molecule has 1 aliphatic heterocycles. The lowest BCUT2D eigenvalue weighted by Crippen LogP contribution is -2.17. The zero-order valence-corrected chi connectivity index (χ0v) is 5.31. The summed E-state index contributed by atoms with van der Waals surface area (Å²) in [4.78, 5) is 0. The minimum atomic E-state index is -2.30. The van der Waals surface area contributed by atoms with Gasteiger partial charge in [0.15, 0.2) is 0 Å². The Morgan fingerprint density at radius 2 is 2.11 bits per heavy atom. The molecule has 0 aromatic carbocycles. The molecular weight excluding hydrogens is 126 g/mol. The number of rotatable bonds is 1. The summed E-state index contributed by atoms with van der Waals surface area (Å²) < 4.78 is 28.4. The van der Waals surface area contributed by atoms with E-state index in [1.54, 1.807) is 0 Å². The van der Waals surface area contributed by atoms with Crippen LogP contribution in [0.1, 0.15) is 19.8 Å². The number of alkyl halides is 2. The minimum absolute atomic E-state index is 0.0315. The molecule has 54 valence electrons. The van der Waals surface area contributed by atoms with Crippen molar-refractivity contribution in [1.29, 1.82) is 0 Å². The molecule has 0 spiro atoms. The van der Waals surface area contributed by atoms with Crippen LogP contribution in [0.15, 0.2) is 0 Å². The molecule has 1 fully saturated rings. The molecule has 0 aromatic heterocycles. The lowest BCUT2D eigenvalue weighted by Gasteiger charge is -2.07. The topological polar surface area (TPSA) is 9.23 Å². The molecule has 1 rings (SSSR count). The highest BCUT2D eigenvalue weighted by molar-refractivity contribution is 4.71. The van der Waals surface area contributed by atoms with E-state index < -0.39 is 12.5 Å². The smallest absolute Gasteiger partial charge is 0.264 e. The maximum Gasteiger partial charge on any atom is 0.264 e. The third-order valence-corrected chi connectivity index (χ3v) is 1.55. The van der Waals surface area contributed by atoms with Crippen LogP contribution < -0.4 is 0 Å². The average Bonchev–Trinajstić information content (AvgIpc) is 2.14. The summed E-state index contributed by atoms with van der Waals surface area (Å²) in [6, 6.07) is 0. The van der Waals surface area contributed by atoms with Gasteiger partial charge < -0.3 is 4.74 Å². The predicted molar refractivity (Wildman–Crippen MR) is 29.6 cm³/mol. The van der Waals surface area contributed by atoms with Gasteiger partial charge in [-0.2, -0.15) is 0 Å². The number of ether oxygens (including phenoxy) is 1. The maximum absolute atomic E-state index is 11.8. The summed E-state index contributed by atoms with van der Waals surface area (Å²) in [5.74, 6) is 0. The van der Waals surface area contributed by atoms with Crippen LogP contribution in [-0.4, -0.2) is 18.6 Å². The third kappa shape index (κ3) is 1.61. The highest BCUT2D eigenvalue weighted by Crippen LogP contribution is 2.23. The van der Waals surface area contributed by atoms with E-state index in [1.807, 2.05) is 6.92 Å². The van der Waals surface area contributed by atoms with Crippen LogP contribution in [0, 0.1) is 0 Å². The first kappa shape index (κ1) is 6.93. The van der Waals surface area contributed by atoms with Gasteiger partial charge in [0.1, 0.15) is 6.10 Å². The van der Waals surface area contributed by atoms with Gasteiger partial charge in [0.05, 0.1) is 6.10 Å². The summed E-state index contributed by atoms with van der Waals surface area (Å²) in [6.45, 7) is 1.82. The predicted octanol–water partition coefficient (Wildman–Crippen LogP) is 1.82. The van der Waals surface area contributed by atoms with Crippen LogP contribution in [0.3, 0.4) is 0 Å².